The highest BCUT2D eigenvalue weighted by Crippen LogP contribution is 2.54. The summed E-state index contributed by atoms with van der Waals surface area (Å²) in [6.07, 6.45) is 0. The molecule has 10 aromatic rings. The third kappa shape index (κ3) is 5.15. The Morgan fingerprint density at radius 3 is 1.86 bits per heavy atom. The van der Waals surface area contributed by atoms with Crippen molar-refractivity contribution in [2.24, 2.45) is 0 Å². The summed E-state index contributed by atoms with van der Waals surface area (Å²) < 4.78 is 44.8. The van der Waals surface area contributed by atoms with Gasteiger partial charge in [0.2, 0.25) is 0 Å². The lowest BCUT2D eigenvalue weighted by Crippen LogP contribution is -2.11. The molecule has 0 fully saturated rings. The van der Waals surface area contributed by atoms with E-state index in [2.05, 4.69) is 137 Å². The van der Waals surface area contributed by atoms with E-state index in [0.29, 0.717) is 11.5 Å². The third-order valence-corrected chi connectivity index (χ3v) is 10.6. The van der Waals surface area contributed by atoms with Crippen LogP contribution in [0.2, 0.25) is 0 Å². The summed E-state index contributed by atoms with van der Waals surface area (Å²) in [5, 5.41) is 3.51. The number of nitrogens with zero attached hydrogens (tertiary/aromatic N) is 4. The van der Waals surface area contributed by atoms with E-state index in [-0.39, 0.29) is 23.3 Å². The molecule has 0 N–H and O–H groups in total. The van der Waals surface area contributed by atoms with Gasteiger partial charge < -0.3 is 9.47 Å². The van der Waals surface area contributed by atoms with Gasteiger partial charge in [-0.15, -0.1) is 0 Å². The molecule has 56 heavy (non-hydrogen) atoms. The van der Waals surface area contributed by atoms with Crippen LogP contribution in [-0.2, 0) is 0 Å². The maximum atomic E-state index is 8.74. The van der Waals surface area contributed by atoms with Gasteiger partial charge in [-0.25, -0.2) is 9.97 Å². The first-order chi connectivity index (χ1) is 29.9. The molecule has 0 saturated heterocycles. The lowest BCUT2D eigenvalue weighted by molar-refractivity contribution is 1.15. The Morgan fingerprint density at radius 1 is 0.446 bits per heavy atom. The van der Waals surface area contributed by atoms with E-state index >= 15 is 0 Å². The van der Waals surface area contributed by atoms with E-state index in [1.807, 2.05) is 42.5 Å². The monoisotopic (exact) mass is 719 g/mol. The third-order valence-electron chi connectivity index (χ3n) is 10.6. The van der Waals surface area contributed by atoms with E-state index in [1.165, 1.54) is 16.3 Å². The summed E-state index contributed by atoms with van der Waals surface area (Å²) in [4.78, 5) is 12.1. The Morgan fingerprint density at radius 2 is 1.05 bits per heavy atom. The average Bonchev–Trinajstić information content (AvgIpc) is 3.59. The first-order valence-corrected chi connectivity index (χ1v) is 18.6. The Kier molecular flexibility index (Phi) is 6.33. The first-order valence-electron chi connectivity index (χ1n) is 21.1. The van der Waals surface area contributed by atoms with Gasteiger partial charge in [-0.1, -0.05) is 164 Å². The zero-order chi connectivity index (χ0) is 41.4. The zero-order valence-corrected chi connectivity index (χ0v) is 30.0. The van der Waals surface area contributed by atoms with Crippen molar-refractivity contribution in [2.75, 3.05) is 4.90 Å². The minimum Gasteiger partial charge on any atom is -0.309 e. The predicted molar refractivity (Wildman–Crippen MR) is 232 cm³/mol. The van der Waals surface area contributed by atoms with Gasteiger partial charge in [0.15, 0.2) is 5.82 Å². The van der Waals surface area contributed by atoms with Gasteiger partial charge in [0.25, 0.3) is 0 Å². The second-order valence-electron chi connectivity index (χ2n) is 13.8. The predicted octanol–water partition coefficient (Wildman–Crippen LogP) is 13.7. The van der Waals surface area contributed by atoms with Crippen molar-refractivity contribution in [3.8, 4) is 62.0 Å². The first kappa shape index (κ1) is 27.1. The van der Waals surface area contributed by atoms with Crippen LogP contribution in [0.1, 0.15) is 6.85 Å². The number of aromatic nitrogens is 3. The highest BCUT2D eigenvalue weighted by Gasteiger charge is 2.31. The van der Waals surface area contributed by atoms with Crippen LogP contribution in [0.4, 0.5) is 17.1 Å². The molecule has 262 valence electrons. The molecular weight excluding hydrogens is 681 g/mol. The quantitative estimate of drug-likeness (QED) is 0.178. The van der Waals surface area contributed by atoms with Gasteiger partial charge in [-0.05, 0) is 47.9 Å². The van der Waals surface area contributed by atoms with Crippen LogP contribution < -0.4 is 4.90 Å². The summed E-state index contributed by atoms with van der Waals surface area (Å²) in [6, 6.07) is 58.4. The van der Waals surface area contributed by atoms with Crippen molar-refractivity contribution in [1.82, 2.24) is 14.5 Å². The van der Waals surface area contributed by atoms with E-state index < -0.39 is 18.1 Å². The molecule has 1 aliphatic rings. The van der Waals surface area contributed by atoms with Crippen LogP contribution in [-0.4, -0.2) is 14.5 Å². The number of rotatable bonds is 5. The van der Waals surface area contributed by atoms with Crippen LogP contribution in [0.3, 0.4) is 0 Å². The number of benzene rings is 8. The number of hydrogen-bond donors (Lipinski definition) is 0. The van der Waals surface area contributed by atoms with Crippen LogP contribution >= 0.6 is 0 Å². The van der Waals surface area contributed by atoms with Crippen molar-refractivity contribution in [1.29, 1.82) is 0 Å². The van der Waals surface area contributed by atoms with Crippen molar-refractivity contribution in [3.63, 3.8) is 0 Å². The van der Waals surface area contributed by atoms with Gasteiger partial charge in [-0.2, -0.15) is 0 Å². The molecule has 1 aliphatic heterocycles. The molecule has 4 nitrogen and oxygen atoms in total. The van der Waals surface area contributed by atoms with Gasteiger partial charge in [0.05, 0.1) is 46.5 Å². The van der Waals surface area contributed by atoms with Gasteiger partial charge in [0.1, 0.15) is 0 Å². The topological polar surface area (TPSA) is 34.0 Å². The molecule has 0 amide bonds. The molecule has 4 heteroatoms. The molecule has 0 saturated carbocycles. The largest absolute Gasteiger partial charge is 0.309 e. The Balaban J connectivity index is 1.11. The number of hydrogen-bond acceptors (Lipinski definition) is 3. The maximum Gasteiger partial charge on any atom is 0.160 e. The van der Waals surface area contributed by atoms with E-state index in [0.717, 1.165) is 61.6 Å². The summed E-state index contributed by atoms with van der Waals surface area (Å²) in [7, 11) is 0. The summed E-state index contributed by atoms with van der Waals surface area (Å²) in [6.45, 7) is 0. The summed E-state index contributed by atoms with van der Waals surface area (Å²) in [5.74, 6) is 0.385. The van der Waals surface area contributed by atoms with Crippen LogP contribution in [0.25, 0.3) is 83.6 Å². The standard InChI is InChI=1S/C52H34N4/c1-3-17-36(18-4-1)44-34-45(54-52(53-44)38-19-5-2-6-20-38)37-30-32-39(33-31-37)55-47-26-12-9-23-41(47)50-42-24-10-13-27-48(42)56(51(50)43-25-11-14-28-49(43)55)46-29-15-21-35-16-7-8-22-40(35)46/h1-34H/i1D,3D,4D,17D,18D. The van der Waals surface area contributed by atoms with E-state index in [1.54, 1.807) is 6.07 Å². The van der Waals surface area contributed by atoms with Crippen molar-refractivity contribution < 1.29 is 6.85 Å². The summed E-state index contributed by atoms with van der Waals surface area (Å²) >= 11 is 0. The number of anilines is 3. The van der Waals surface area contributed by atoms with Crippen LogP contribution in [0, 0.1) is 0 Å². The second-order valence-corrected chi connectivity index (χ2v) is 13.8. The van der Waals surface area contributed by atoms with Gasteiger partial charge >= 0.3 is 0 Å². The van der Waals surface area contributed by atoms with Gasteiger partial charge in [-0.3, -0.25) is 0 Å². The SMILES string of the molecule is [2H]c1c([2H])c([2H])c(-c2cc(-c3ccc(N4c5ccccc5-c5c(n(-c6cccc7ccccc67)c6ccccc56)-c5ccccc54)cc3)nc(-c3ccccc3)n2)c([2H])c1[2H]. The maximum absolute atomic E-state index is 8.74. The lowest BCUT2D eigenvalue weighted by atomic mass is 9.98. The number of para-hydroxylation sites is 3. The minimum atomic E-state index is -0.450. The molecule has 2 aromatic heterocycles. The molecule has 11 rings (SSSR count). The molecule has 0 aliphatic carbocycles. The molecule has 0 radical (unpaired) electrons. The molecule has 0 unspecified atom stereocenters. The molecule has 0 spiro atoms. The van der Waals surface area contributed by atoms with Crippen LogP contribution in [0.5, 0.6) is 0 Å². The fraction of sp³-hybridized carbons (Fsp3) is 0. The Labute approximate surface area is 332 Å². The van der Waals surface area contributed by atoms with E-state index in [9.17, 15) is 0 Å². The average molecular weight is 720 g/mol. The Hall–Kier alpha value is -7.56. The molecular formula is C52H34N4. The lowest BCUT2D eigenvalue weighted by Gasteiger charge is -2.27. The molecule has 0 atom stereocenters. The highest BCUT2D eigenvalue weighted by atomic mass is 15.2. The fourth-order valence-electron chi connectivity index (χ4n) is 8.18. The smallest absolute Gasteiger partial charge is 0.160 e. The number of fused-ring (bicyclic) bond motifs is 8. The molecule has 0 bridgehead atoms. The normalized spacial score (nSPS) is 13.1. The van der Waals surface area contributed by atoms with E-state index in [4.69, 9.17) is 16.8 Å². The van der Waals surface area contributed by atoms with Crippen molar-refractivity contribution in [3.05, 3.63) is 206 Å². The zero-order valence-electron chi connectivity index (χ0n) is 35.0. The summed E-state index contributed by atoms with van der Waals surface area (Å²) in [5.41, 5.74) is 12.1. The fourth-order valence-corrected chi connectivity index (χ4v) is 8.18. The molecule has 8 aromatic carbocycles. The van der Waals surface area contributed by atoms with Crippen LogP contribution in [0.15, 0.2) is 206 Å². The Bertz CT molecular complexity index is 3350. The second kappa shape index (κ2) is 13.1. The minimum absolute atomic E-state index is 0.0286. The van der Waals surface area contributed by atoms with Gasteiger partial charge in [0, 0.05) is 49.8 Å². The highest BCUT2D eigenvalue weighted by molar-refractivity contribution is 6.13. The van der Waals surface area contributed by atoms with Crippen molar-refractivity contribution >= 4 is 38.7 Å². The molecule has 3 heterocycles. The van der Waals surface area contributed by atoms with Crippen molar-refractivity contribution in [2.45, 2.75) is 0 Å².